The number of hydrogen-bond donors (Lipinski definition) is 2. The van der Waals surface area contributed by atoms with Crippen LogP contribution in [-0.4, -0.2) is 22.1 Å². The van der Waals surface area contributed by atoms with E-state index < -0.39 is 0 Å². The minimum Gasteiger partial charge on any atom is -0.396 e. The Labute approximate surface area is 111 Å². The van der Waals surface area contributed by atoms with Gasteiger partial charge in [0.25, 0.3) is 0 Å². The van der Waals surface area contributed by atoms with Gasteiger partial charge in [-0.1, -0.05) is 6.42 Å². The van der Waals surface area contributed by atoms with Crippen LogP contribution < -0.4 is 11.2 Å². The largest absolute Gasteiger partial charge is 0.396 e. The molecule has 1 aromatic heterocycles. The first-order valence-corrected chi connectivity index (χ1v) is 6.83. The minimum atomic E-state index is 0.517. The lowest BCUT2D eigenvalue weighted by molar-refractivity contribution is 0.135. The van der Waals surface area contributed by atoms with Crippen LogP contribution in [0.25, 0.3) is 0 Å². The van der Waals surface area contributed by atoms with Gasteiger partial charge < -0.3 is 11.2 Å². The minimum absolute atomic E-state index is 0.517. The van der Waals surface area contributed by atoms with Gasteiger partial charge >= 0.3 is 0 Å². The Kier molecular flexibility index (Phi) is 3.89. The van der Waals surface area contributed by atoms with Crippen LogP contribution in [-0.2, 0) is 0 Å². The highest BCUT2D eigenvalue weighted by molar-refractivity contribution is 9.10. The second-order valence-electron chi connectivity index (χ2n) is 4.74. The van der Waals surface area contributed by atoms with Crippen LogP contribution in [0.2, 0.25) is 0 Å². The summed E-state index contributed by atoms with van der Waals surface area (Å²) in [6, 6.07) is 2.90. The first kappa shape index (κ1) is 12.6. The summed E-state index contributed by atoms with van der Waals surface area (Å²) in [4.78, 5) is 4.32. The molecule has 0 radical (unpaired) electrons. The van der Waals surface area contributed by atoms with Gasteiger partial charge in [0.05, 0.1) is 5.69 Å². The Morgan fingerprint density at radius 3 is 2.65 bits per heavy atom. The van der Waals surface area contributed by atoms with E-state index in [1.807, 2.05) is 6.07 Å². The number of nitrogens with one attached hydrogen (secondary N) is 1. The number of pyridine rings is 1. The molecule has 3 N–H and O–H groups in total. The van der Waals surface area contributed by atoms with Crippen LogP contribution in [0.15, 0.2) is 16.7 Å². The van der Waals surface area contributed by atoms with Crippen LogP contribution in [0.5, 0.6) is 0 Å². The zero-order valence-electron chi connectivity index (χ0n) is 10.3. The van der Waals surface area contributed by atoms with Gasteiger partial charge in [-0.2, -0.15) is 0 Å². The van der Waals surface area contributed by atoms with Crippen molar-refractivity contribution in [1.29, 1.82) is 0 Å². The first-order valence-electron chi connectivity index (χ1n) is 6.04. The number of anilines is 2. The molecule has 2 unspecified atom stereocenters. The lowest BCUT2D eigenvalue weighted by atomic mass is 10.00. The van der Waals surface area contributed by atoms with Gasteiger partial charge in [-0.15, -0.1) is 0 Å². The number of piperidine rings is 1. The highest BCUT2D eigenvalue weighted by Gasteiger charge is 2.25. The van der Waals surface area contributed by atoms with E-state index in [1.54, 1.807) is 6.20 Å². The molecule has 0 amide bonds. The Morgan fingerprint density at radius 1 is 1.41 bits per heavy atom. The molecule has 1 aromatic rings. The molecule has 1 fully saturated rings. The molecule has 94 valence electrons. The van der Waals surface area contributed by atoms with Gasteiger partial charge in [-0.05, 0) is 48.7 Å². The number of nitrogens with two attached hydrogens (primary N) is 1. The van der Waals surface area contributed by atoms with E-state index in [9.17, 15) is 0 Å². The fraction of sp³-hybridized carbons (Fsp3) is 0.583. The molecule has 0 aromatic carbocycles. The van der Waals surface area contributed by atoms with Crippen LogP contribution in [0, 0.1) is 0 Å². The molecule has 2 heterocycles. The second kappa shape index (κ2) is 5.23. The van der Waals surface area contributed by atoms with Crippen molar-refractivity contribution in [3.8, 4) is 0 Å². The third-order valence-corrected chi connectivity index (χ3v) is 3.75. The fourth-order valence-electron chi connectivity index (χ4n) is 2.31. The summed E-state index contributed by atoms with van der Waals surface area (Å²) < 4.78 is 0.903. The zero-order valence-corrected chi connectivity index (χ0v) is 11.9. The maximum absolute atomic E-state index is 5.95. The first-order chi connectivity index (χ1) is 8.08. The molecule has 0 bridgehead atoms. The highest BCUT2D eigenvalue weighted by Crippen LogP contribution is 2.26. The Morgan fingerprint density at radius 2 is 2.06 bits per heavy atom. The average Bonchev–Trinajstić information content (AvgIpc) is 2.26. The monoisotopic (exact) mass is 298 g/mol. The number of hydrogen-bond acceptors (Lipinski definition) is 4. The zero-order chi connectivity index (χ0) is 12.4. The normalized spacial score (nSPS) is 25.8. The predicted molar refractivity (Wildman–Crippen MR) is 74.6 cm³/mol. The molecule has 1 saturated heterocycles. The van der Waals surface area contributed by atoms with Crippen molar-refractivity contribution in [1.82, 2.24) is 9.99 Å². The van der Waals surface area contributed by atoms with Gasteiger partial charge in [-0.25, -0.2) is 9.99 Å². The molecule has 1 aliphatic rings. The number of nitrogens with zero attached hydrogens (tertiary/aromatic N) is 2. The van der Waals surface area contributed by atoms with Gasteiger partial charge in [0.15, 0.2) is 5.82 Å². The highest BCUT2D eigenvalue weighted by atomic mass is 79.9. The van der Waals surface area contributed by atoms with Crippen LogP contribution >= 0.6 is 15.9 Å². The van der Waals surface area contributed by atoms with Crippen molar-refractivity contribution in [3.63, 3.8) is 0 Å². The standard InChI is InChI=1S/C12H19BrN4/c1-8-4-3-5-9(2)17(8)16-12-11(14)6-10(13)7-15-12/h6-9H,3-5,14H2,1-2H3,(H,15,16). The summed E-state index contributed by atoms with van der Waals surface area (Å²) in [6.07, 6.45) is 5.49. The smallest absolute Gasteiger partial charge is 0.163 e. The third kappa shape index (κ3) is 2.90. The van der Waals surface area contributed by atoms with Crippen molar-refractivity contribution < 1.29 is 0 Å². The molecule has 2 rings (SSSR count). The Bertz CT molecular complexity index is 386. The molecular formula is C12H19BrN4. The summed E-state index contributed by atoms with van der Waals surface area (Å²) in [5.74, 6) is 0.744. The van der Waals surface area contributed by atoms with E-state index >= 15 is 0 Å². The average molecular weight is 299 g/mol. The lowest BCUT2D eigenvalue weighted by Crippen LogP contribution is -2.47. The van der Waals surface area contributed by atoms with Gasteiger partial charge in [0.2, 0.25) is 0 Å². The molecule has 17 heavy (non-hydrogen) atoms. The molecule has 0 saturated carbocycles. The summed E-state index contributed by atoms with van der Waals surface area (Å²) in [6.45, 7) is 4.47. The fourth-order valence-corrected chi connectivity index (χ4v) is 2.66. The van der Waals surface area contributed by atoms with Gasteiger partial charge in [-0.3, -0.25) is 0 Å². The molecule has 2 atom stereocenters. The van der Waals surface area contributed by atoms with E-state index in [4.69, 9.17) is 5.73 Å². The number of nitrogen functional groups attached to an aromatic ring is 1. The molecule has 5 heteroatoms. The SMILES string of the molecule is CC1CCCC(C)N1Nc1ncc(Br)cc1N. The van der Waals surface area contributed by atoms with Crippen LogP contribution in [0.4, 0.5) is 11.5 Å². The maximum atomic E-state index is 5.95. The summed E-state index contributed by atoms with van der Waals surface area (Å²) >= 11 is 3.36. The number of aromatic nitrogens is 1. The molecule has 4 nitrogen and oxygen atoms in total. The van der Waals surface area contributed by atoms with E-state index in [0.717, 1.165) is 10.3 Å². The van der Waals surface area contributed by atoms with Crippen LogP contribution in [0.1, 0.15) is 33.1 Å². The summed E-state index contributed by atoms with van der Waals surface area (Å²) in [5, 5.41) is 2.26. The summed E-state index contributed by atoms with van der Waals surface area (Å²) in [7, 11) is 0. The Hall–Kier alpha value is -0.810. The van der Waals surface area contributed by atoms with E-state index in [0.29, 0.717) is 17.8 Å². The maximum Gasteiger partial charge on any atom is 0.163 e. The third-order valence-electron chi connectivity index (χ3n) is 3.31. The van der Waals surface area contributed by atoms with Gasteiger partial charge in [0.1, 0.15) is 0 Å². The van der Waals surface area contributed by atoms with E-state index in [2.05, 4.69) is 45.2 Å². The topological polar surface area (TPSA) is 54.2 Å². The summed E-state index contributed by atoms with van der Waals surface area (Å²) in [5.41, 5.74) is 9.97. The Balaban J connectivity index is 2.13. The number of rotatable bonds is 2. The molecule has 1 aliphatic heterocycles. The second-order valence-corrected chi connectivity index (χ2v) is 5.66. The van der Waals surface area contributed by atoms with E-state index in [-0.39, 0.29) is 0 Å². The number of hydrazine groups is 1. The van der Waals surface area contributed by atoms with Crippen LogP contribution in [0.3, 0.4) is 0 Å². The molecule has 0 spiro atoms. The van der Waals surface area contributed by atoms with Gasteiger partial charge in [0, 0.05) is 22.8 Å². The van der Waals surface area contributed by atoms with Crippen molar-refractivity contribution in [2.75, 3.05) is 11.2 Å². The van der Waals surface area contributed by atoms with Crippen molar-refractivity contribution >= 4 is 27.4 Å². The molecule has 0 aliphatic carbocycles. The predicted octanol–water partition coefficient (Wildman–Crippen LogP) is 3.02. The van der Waals surface area contributed by atoms with E-state index in [1.165, 1.54) is 19.3 Å². The van der Waals surface area contributed by atoms with Crippen molar-refractivity contribution in [2.45, 2.75) is 45.2 Å². The molecular weight excluding hydrogens is 280 g/mol. The van der Waals surface area contributed by atoms with Crippen molar-refractivity contribution in [3.05, 3.63) is 16.7 Å². The number of halogens is 1. The lowest BCUT2D eigenvalue weighted by Gasteiger charge is -2.39. The quantitative estimate of drug-likeness (QED) is 0.881. The van der Waals surface area contributed by atoms with Crippen molar-refractivity contribution in [2.24, 2.45) is 0 Å².